The second kappa shape index (κ2) is 9.66. The van der Waals surface area contributed by atoms with Gasteiger partial charge < -0.3 is 15.0 Å². The highest BCUT2D eigenvalue weighted by atomic mass is 16.5. The molecule has 0 aliphatic rings. The first-order valence-electron chi connectivity index (χ1n) is 7.44. The quantitative estimate of drug-likeness (QED) is 0.665. The molecule has 0 saturated heterocycles. The molecule has 0 amide bonds. The van der Waals surface area contributed by atoms with Crippen molar-refractivity contribution in [2.45, 2.75) is 33.7 Å². The molecule has 0 aromatic carbocycles. The summed E-state index contributed by atoms with van der Waals surface area (Å²) in [7, 11) is 1.72. The molecule has 1 aromatic rings. The van der Waals surface area contributed by atoms with E-state index in [1.165, 1.54) is 0 Å². The minimum atomic E-state index is 0.583. The third-order valence-corrected chi connectivity index (χ3v) is 2.91. The van der Waals surface area contributed by atoms with Crippen LogP contribution in [0.3, 0.4) is 0 Å². The topological polar surface area (TPSA) is 50.3 Å². The smallest absolute Gasteiger partial charge is 0.151 e. The van der Waals surface area contributed by atoms with Gasteiger partial charge in [-0.25, -0.2) is 0 Å². The molecule has 0 fully saturated rings. The van der Waals surface area contributed by atoms with Gasteiger partial charge in [-0.2, -0.15) is 5.10 Å². The van der Waals surface area contributed by atoms with Gasteiger partial charge in [0.15, 0.2) is 5.82 Å². The number of anilines is 1. The van der Waals surface area contributed by atoms with Crippen molar-refractivity contribution in [3.8, 4) is 0 Å². The zero-order chi connectivity index (χ0) is 14.8. The van der Waals surface area contributed by atoms with E-state index in [4.69, 9.17) is 4.74 Å². The zero-order valence-electron chi connectivity index (χ0n) is 13.2. The second-order valence-electron chi connectivity index (χ2n) is 5.39. The Morgan fingerprint density at radius 3 is 2.65 bits per heavy atom. The lowest BCUT2D eigenvalue weighted by atomic mass is 10.2. The Bertz CT molecular complexity index is 353. The molecule has 0 aliphatic heterocycles. The number of aromatic nitrogens is 2. The van der Waals surface area contributed by atoms with Crippen molar-refractivity contribution in [1.29, 1.82) is 0 Å². The Kier molecular flexibility index (Phi) is 8.14. The third kappa shape index (κ3) is 6.30. The monoisotopic (exact) mass is 280 g/mol. The summed E-state index contributed by atoms with van der Waals surface area (Å²) in [6.07, 6.45) is 1.13. The first-order valence-corrected chi connectivity index (χ1v) is 7.44. The van der Waals surface area contributed by atoms with E-state index in [1.54, 1.807) is 7.11 Å². The van der Waals surface area contributed by atoms with Crippen LogP contribution in [0.2, 0.25) is 0 Å². The fraction of sp³-hybridized carbons (Fsp3) is 0.733. The fourth-order valence-corrected chi connectivity index (χ4v) is 1.95. The Labute approximate surface area is 122 Å². The maximum Gasteiger partial charge on any atom is 0.151 e. The van der Waals surface area contributed by atoms with Crippen LogP contribution in [0.5, 0.6) is 0 Å². The molecule has 0 aliphatic carbocycles. The molecule has 0 saturated carbocycles. The van der Waals surface area contributed by atoms with Crippen molar-refractivity contribution in [2.24, 2.45) is 5.92 Å². The number of methoxy groups -OCH3 is 1. The molecule has 0 unspecified atom stereocenters. The standard InChI is InChI=1S/C15H28N4O/c1-5-8-16-11-14-6-7-15(18-17-14)19(9-10-20-4)12-13(2)3/h6-7,13,16H,5,8-12H2,1-4H3. The number of nitrogens with zero attached hydrogens (tertiary/aromatic N) is 3. The van der Waals surface area contributed by atoms with Gasteiger partial charge in [-0.3, -0.25) is 0 Å². The van der Waals surface area contributed by atoms with Crippen molar-refractivity contribution < 1.29 is 4.74 Å². The minimum Gasteiger partial charge on any atom is -0.383 e. The lowest BCUT2D eigenvalue weighted by molar-refractivity contribution is 0.204. The average Bonchev–Trinajstić information content (AvgIpc) is 2.44. The normalized spacial score (nSPS) is 11.1. The number of nitrogens with one attached hydrogen (secondary N) is 1. The minimum absolute atomic E-state index is 0.583. The highest BCUT2D eigenvalue weighted by Crippen LogP contribution is 2.11. The maximum atomic E-state index is 5.16. The molecule has 1 aromatic heterocycles. The molecule has 0 bridgehead atoms. The zero-order valence-corrected chi connectivity index (χ0v) is 13.2. The van der Waals surface area contributed by atoms with E-state index in [-0.39, 0.29) is 0 Å². The lowest BCUT2D eigenvalue weighted by Gasteiger charge is -2.24. The van der Waals surface area contributed by atoms with Gasteiger partial charge in [0.25, 0.3) is 0 Å². The molecule has 0 radical (unpaired) electrons. The van der Waals surface area contributed by atoms with Crippen molar-refractivity contribution in [2.75, 3.05) is 38.3 Å². The number of ether oxygens (including phenoxy) is 1. The molecule has 5 nitrogen and oxygen atoms in total. The predicted molar refractivity (Wildman–Crippen MR) is 83.0 cm³/mol. The first-order chi connectivity index (χ1) is 9.67. The van der Waals surface area contributed by atoms with E-state index in [1.807, 2.05) is 12.1 Å². The fourth-order valence-electron chi connectivity index (χ4n) is 1.95. The number of hydrogen-bond acceptors (Lipinski definition) is 5. The van der Waals surface area contributed by atoms with E-state index in [9.17, 15) is 0 Å². The van der Waals surface area contributed by atoms with Crippen LogP contribution in [-0.2, 0) is 11.3 Å². The Morgan fingerprint density at radius 2 is 2.10 bits per heavy atom. The molecule has 0 spiro atoms. The Balaban J connectivity index is 2.61. The Hall–Kier alpha value is -1.20. The van der Waals surface area contributed by atoms with Gasteiger partial charge >= 0.3 is 0 Å². The summed E-state index contributed by atoms with van der Waals surface area (Å²) in [5, 5.41) is 12.0. The molecule has 114 valence electrons. The average molecular weight is 280 g/mol. The molecule has 20 heavy (non-hydrogen) atoms. The number of rotatable bonds is 10. The van der Waals surface area contributed by atoms with Gasteiger partial charge in [0.2, 0.25) is 0 Å². The van der Waals surface area contributed by atoms with Crippen LogP contribution in [0.4, 0.5) is 5.82 Å². The van der Waals surface area contributed by atoms with Gasteiger partial charge in [0.1, 0.15) is 0 Å². The molecule has 0 atom stereocenters. The van der Waals surface area contributed by atoms with Crippen LogP contribution in [0.1, 0.15) is 32.9 Å². The summed E-state index contributed by atoms with van der Waals surface area (Å²) in [6, 6.07) is 4.10. The summed E-state index contributed by atoms with van der Waals surface area (Å²) in [4.78, 5) is 2.23. The van der Waals surface area contributed by atoms with Crippen molar-refractivity contribution >= 4 is 5.82 Å². The second-order valence-corrected chi connectivity index (χ2v) is 5.39. The maximum absolute atomic E-state index is 5.16. The van der Waals surface area contributed by atoms with Crippen LogP contribution in [-0.4, -0.2) is 43.5 Å². The van der Waals surface area contributed by atoms with Crippen LogP contribution < -0.4 is 10.2 Å². The van der Waals surface area contributed by atoms with E-state index in [2.05, 4.69) is 41.2 Å². The lowest BCUT2D eigenvalue weighted by Crippen LogP contribution is -2.32. The summed E-state index contributed by atoms with van der Waals surface area (Å²) >= 11 is 0. The molecule has 1 heterocycles. The molecule has 1 N–H and O–H groups in total. The van der Waals surface area contributed by atoms with E-state index >= 15 is 0 Å². The summed E-state index contributed by atoms with van der Waals surface area (Å²) in [6.45, 7) is 10.9. The summed E-state index contributed by atoms with van der Waals surface area (Å²) in [5.74, 6) is 1.51. The van der Waals surface area contributed by atoms with E-state index < -0.39 is 0 Å². The van der Waals surface area contributed by atoms with Crippen LogP contribution in [0, 0.1) is 5.92 Å². The molecule has 1 rings (SSSR count). The summed E-state index contributed by atoms with van der Waals surface area (Å²) < 4.78 is 5.16. The number of hydrogen-bond donors (Lipinski definition) is 1. The van der Waals surface area contributed by atoms with Crippen LogP contribution in [0.15, 0.2) is 12.1 Å². The molecular weight excluding hydrogens is 252 g/mol. The van der Waals surface area contributed by atoms with Gasteiger partial charge in [0, 0.05) is 26.7 Å². The van der Waals surface area contributed by atoms with Crippen molar-refractivity contribution in [3.63, 3.8) is 0 Å². The van der Waals surface area contributed by atoms with Crippen LogP contribution in [0.25, 0.3) is 0 Å². The highest BCUT2D eigenvalue weighted by molar-refractivity contribution is 5.37. The Morgan fingerprint density at radius 1 is 1.30 bits per heavy atom. The molecule has 5 heteroatoms. The van der Waals surface area contributed by atoms with E-state index in [0.29, 0.717) is 12.5 Å². The largest absolute Gasteiger partial charge is 0.383 e. The predicted octanol–water partition coefficient (Wildman–Crippen LogP) is 2.08. The first kappa shape index (κ1) is 16.9. The molecular formula is C15H28N4O. The summed E-state index contributed by atoms with van der Waals surface area (Å²) in [5.41, 5.74) is 0.985. The van der Waals surface area contributed by atoms with Gasteiger partial charge in [-0.1, -0.05) is 20.8 Å². The van der Waals surface area contributed by atoms with Gasteiger partial charge in [-0.15, -0.1) is 5.10 Å². The van der Waals surface area contributed by atoms with Crippen molar-refractivity contribution in [1.82, 2.24) is 15.5 Å². The highest BCUT2D eigenvalue weighted by Gasteiger charge is 2.10. The van der Waals surface area contributed by atoms with E-state index in [0.717, 1.165) is 44.1 Å². The SMILES string of the molecule is CCCNCc1ccc(N(CCOC)CC(C)C)nn1. The third-order valence-electron chi connectivity index (χ3n) is 2.91. The van der Waals surface area contributed by atoms with Gasteiger partial charge in [-0.05, 0) is 31.0 Å². The van der Waals surface area contributed by atoms with Gasteiger partial charge in [0.05, 0.1) is 12.3 Å². The van der Waals surface area contributed by atoms with Crippen LogP contribution >= 0.6 is 0 Å². The van der Waals surface area contributed by atoms with Crippen molar-refractivity contribution in [3.05, 3.63) is 17.8 Å².